The molecule has 25 heavy (non-hydrogen) atoms. The van der Waals surface area contributed by atoms with E-state index in [9.17, 15) is 0 Å². The maximum Gasteiger partial charge on any atom is 0.191 e. The van der Waals surface area contributed by atoms with E-state index in [0.717, 1.165) is 29.0 Å². The maximum atomic E-state index is 6.09. The summed E-state index contributed by atoms with van der Waals surface area (Å²) in [4.78, 5) is 6.98. The van der Waals surface area contributed by atoms with Gasteiger partial charge in [-0.3, -0.25) is 4.99 Å². The SMILES string of the molecule is CN=C(NCC1CCCN(CC(C)C)C1)NC(C)c1cccc(Cl)c1. The molecular weight excluding hydrogens is 332 g/mol. The number of rotatable bonds is 6. The fourth-order valence-electron chi connectivity index (χ4n) is 3.50. The smallest absolute Gasteiger partial charge is 0.191 e. The highest BCUT2D eigenvalue weighted by Gasteiger charge is 2.20. The molecule has 1 heterocycles. The highest BCUT2D eigenvalue weighted by atomic mass is 35.5. The molecule has 1 fully saturated rings. The first kappa shape index (κ1) is 20.1. The Morgan fingerprint density at radius 3 is 2.84 bits per heavy atom. The largest absolute Gasteiger partial charge is 0.356 e. The van der Waals surface area contributed by atoms with Gasteiger partial charge in [0.2, 0.25) is 0 Å². The lowest BCUT2D eigenvalue weighted by molar-refractivity contribution is 0.159. The average Bonchev–Trinajstić information content (AvgIpc) is 2.58. The lowest BCUT2D eigenvalue weighted by atomic mass is 9.97. The van der Waals surface area contributed by atoms with Crippen LogP contribution in [0.2, 0.25) is 5.02 Å². The van der Waals surface area contributed by atoms with Crippen molar-refractivity contribution in [2.75, 3.05) is 33.2 Å². The number of guanidine groups is 1. The van der Waals surface area contributed by atoms with Gasteiger partial charge in [-0.2, -0.15) is 0 Å². The highest BCUT2D eigenvalue weighted by Crippen LogP contribution is 2.18. The average molecular weight is 365 g/mol. The Morgan fingerprint density at radius 2 is 2.16 bits per heavy atom. The molecule has 2 rings (SSSR count). The predicted molar refractivity (Wildman–Crippen MR) is 108 cm³/mol. The summed E-state index contributed by atoms with van der Waals surface area (Å²) >= 11 is 6.09. The van der Waals surface area contributed by atoms with Crippen LogP contribution in [-0.2, 0) is 0 Å². The van der Waals surface area contributed by atoms with E-state index < -0.39 is 0 Å². The molecule has 5 heteroatoms. The summed E-state index contributed by atoms with van der Waals surface area (Å²) in [6, 6.07) is 8.13. The second kappa shape index (κ2) is 10.0. The Kier molecular flexibility index (Phi) is 8.04. The molecule has 1 aliphatic rings. The molecular formula is C20H33ClN4. The Labute approximate surface area is 158 Å². The van der Waals surface area contributed by atoms with E-state index in [2.05, 4.69) is 47.4 Å². The van der Waals surface area contributed by atoms with Crippen molar-refractivity contribution >= 4 is 17.6 Å². The van der Waals surface area contributed by atoms with Crippen LogP contribution in [0, 0.1) is 11.8 Å². The molecule has 1 aromatic rings. The van der Waals surface area contributed by atoms with E-state index >= 15 is 0 Å². The Bertz CT molecular complexity index is 558. The van der Waals surface area contributed by atoms with Crippen LogP contribution in [-0.4, -0.2) is 44.1 Å². The summed E-state index contributed by atoms with van der Waals surface area (Å²) in [5.41, 5.74) is 1.16. The fourth-order valence-corrected chi connectivity index (χ4v) is 3.70. The summed E-state index contributed by atoms with van der Waals surface area (Å²) in [5, 5.41) is 7.73. The van der Waals surface area contributed by atoms with Crippen molar-refractivity contribution < 1.29 is 0 Å². The number of likely N-dealkylation sites (tertiary alicyclic amines) is 1. The number of aliphatic imine (C=N–C) groups is 1. The number of benzene rings is 1. The Balaban J connectivity index is 1.82. The maximum absolute atomic E-state index is 6.09. The van der Waals surface area contributed by atoms with Crippen LogP contribution in [0.1, 0.15) is 45.2 Å². The van der Waals surface area contributed by atoms with E-state index in [1.165, 1.54) is 32.5 Å². The molecule has 140 valence electrons. The van der Waals surface area contributed by atoms with E-state index in [-0.39, 0.29) is 6.04 Å². The minimum absolute atomic E-state index is 0.161. The van der Waals surface area contributed by atoms with Crippen LogP contribution in [0.3, 0.4) is 0 Å². The number of nitrogens with one attached hydrogen (secondary N) is 2. The molecule has 0 spiro atoms. The lowest BCUT2D eigenvalue weighted by Gasteiger charge is -2.34. The molecule has 2 N–H and O–H groups in total. The van der Waals surface area contributed by atoms with E-state index in [1.54, 1.807) is 0 Å². The predicted octanol–water partition coefficient (Wildman–Crippen LogP) is 3.93. The lowest BCUT2D eigenvalue weighted by Crippen LogP contribution is -2.45. The molecule has 0 amide bonds. The number of hydrogen-bond acceptors (Lipinski definition) is 2. The second-order valence-electron chi connectivity index (χ2n) is 7.54. The zero-order valence-corrected chi connectivity index (χ0v) is 16.8. The third kappa shape index (κ3) is 6.87. The molecule has 0 aromatic heterocycles. The van der Waals surface area contributed by atoms with E-state index in [1.807, 2.05) is 25.2 Å². The van der Waals surface area contributed by atoms with Crippen molar-refractivity contribution in [2.24, 2.45) is 16.8 Å². The number of piperidine rings is 1. The minimum atomic E-state index is 0.161. The fraction of sp³-hybridized carbons (Fsp3) is 0.650. The molecule has 1 aromatic carbocycles. The molecule has 1 saturated heterocycles. The zero-order chi connectivity index (χ0) is 18.2. The Morgan fingerprint density at radius 1 is 1.36 bits per heavy atom. The van der Waals surface area contributed by atoms with Crippen LogP contribution in [0.25, 0.3) is 0 Å². The summed E-state index contributed by atoms with van der Waals surface area (Å²) < 4.78 is 0. The molecule has 0 bridgehead atoms. The van der Waals surface area contributed by atoms with Crippen molar-refractivity contribution in [3.8, 4) is 0 Å². The van der Waals surface area contributed by atoms with Gasteiger partial charge in [-0.1, -0.05) is 37.6 Å². The van der Waals surface area contributed by atoms with Gasteiger partial charge in [0.15, 0.2) is 5.96 Å². The molecule has 0 radical (unpaired) electrons. The minimum Gasteiger partial charge on any atom is -0.356 e. The summed E-state index contributed by atoms with van der Waals surface area (Å²) in [6.45, 7) is 11.3. The topological polar surface area (TPSA) is 39.7 Å². The highest BCUT2D eigenvalue weighted by molar-refractivity contribution is 6.30. The van der Waals surface area contributed by atoms with Crippen LogP contribution in [0.15, 0.2) is 29.3 Å². The van der Waals surface area contributed by atoms with Crippen molar-refractivity contribution in [1.29, 1.82) is 0 Å². The summed E-state index contributed by atoms with van der Waals surface area (Å²) in [6.07, 6.45) is 2.59. The first-order chi connectivity index (χ1) is 12.0. The van der Waals surface area contributed by atoms with Gasteiger partial charge < -0.3 is 15.5 Å². The van der Waals surface area contributed by atoms with Crippen LogP contribution in [0.5, 0.6) is 0 Å². The van der Waals surface area contributed by atoms with Gasteiger partial charge in [0.1, 0.15) is 0 Å². The molecule has 4 nitrogen and oxygen atoms in total. The van der Waals surface area contributed by atoms with Gasteiger partial charge >= 0.3 is 0 Å². The van der Waals surface area contributed by atoms with Crippen molar-refractivity contribution in [2.45, 2.75) is 39.7 Å². The van der Waals surface area contributed by atoms with Crippen molar-refractivity contribution in [3.63, 3.8) is 0 Å². The number of nitrogens with zero attached hydrogens (tertiary/aromatic N) is 2. The Hall–Kier alpha value is -1.26. The monoisotopic (exact) mass is 364 g/mol. The van der Waals surface area contributed by atoms with Gasteiger partial charge in [0, 0.05) is 31.7 Å². The van der Waals surface area contributed by atoms with Crippen molar-refractivity contribution in [1.82, 2.24) is 15.5 Å². The third-order valence-electron chi connectivity index (χ3n) is 4.71. The molecule has 1 aliphatic heterocycles. The van der Waals surface area contributed by atoms with E-state index in [4.69, 9.17) is 11.6 Å². The van der Waals surface area contributed by atoms with E-state index in [0.29, 0.717) is 5.92 Å². The van der Waals surface area contributed by atoms with Crippen LogP contribution in [0.4, 0.5) is 0 Å². The van der Waals surface area contributed by atoms with Gasteiger partial charge in [0.05, 0.1) is 6.04 Å². The van der Waals surface area contributed by atoms with Crippen LogP contribution < -0.4 is 10.6 Å². The standard InChI is InChI=1S/C20H33ClN4/c1-15(2)13-25-10-6-7-17(14-25)12-23-20(22-4)24-16(3)18-8-5-9-19(21)11-18/h5,8-9,11,15-17H,6-7,10,12-14H2,1-4H3,(H2,22,23,24). The number of hydrogen-bond donors (Lipinski definition) is 2. The third-order valence-corrected chi connectivity index (χ3v) is 4.95. The molecule has 2 unspecified atom stereocenters. The quantitative estimate of drug-likeness (QED) is 0.593. The van der Waals surface area contributed by atoms with Gasteiger partial charge in [-0.15, -0.1) is 0 Å². The normalized spacial score (nSPS) is 20.6. The molecule has 2 atom stereocenters. The van der Waals surface area contributed by atoms with Crippen LogP contribution >= 0.6 is 11.6 Å². The first-order valence-electron chi connectivity index (χ1n) is 9.43. The van der Waals surface area contributed by atoms with Crippen molar-refractivity contribution in [3.05, 3.63) is 34.9 Å². The van der Waals surface area contributed by atoms with Gasteiger partial charge in [-0.25, -0.2) is 0 Å². The van der Waals surface area contributed by atoms with Gasteiger partial charge in [0.25, 0.3) is 0 Å². The summed E-state index contributed by atoms with van der Waals surface area (Å²) in [5.74, 6) is 2.28. The number of halogens is 1. The molecule has 0 saturated carbocycles. The van der Waals surface area contributed by atoms with Gasteiger partial charge in [-0.05, 0) is 55.8 Å². The first-order valence-corrected chi connectivity index (χ1v) is 9.80. The zero-order valence-electron chi connectivity index (χ0n) is 16.1. The second-order valence-corrected chi connectivity index (χ2v) is 7.97. The molecule has 0 aliphatic carbocycles. The summed E-state index contributed by atoms with van der Waals surface area (Å²) in [7, 11) is 1.83.